The van der Waals surface area contributed by atoms with Crippen molar-refractivity contribution in [2.75, 3.05) is 19.0 Å². The number of urea groups is 1. The maximum Gasteiger partial charge on any atom is 0.321 e. The highest BCUT2D eigenvalue weighted by Crippen LogP contribution is 2.25. The van der Waals surface area contributed by atoms with Gasteiger partial charge in [0.05, 0.1) is 18.5 Å². The molecule has 9 nitrogen and oxygen atoms in total. The SMILES string of the molecule is CCC=C(NOC)c1cc(-c2cccnc2)cc2nc(NC(=O)NCC)nn12. The first-order valence-electron chi connectivity index (χ1n) is 9.01. The minimum absolute atomic E-state index is 0.212. The first-order chi connectivity index (χ1) is 13.7. The predicted molar refractivity (Wildman–Crippen MR) is 107 cm³/mol. The summed E-state index contributed by atoms with van der Waals surface area (Å²) in [5.41, 5.74) is 6.85. The highest BCUT2D eigenvalue weighted by atomic mass is 16.6. The minimum atomic E-state index is -0.355. The standard InChI is InChI=1S/C19H23N7O2/c1-4-7-15(25-28-3)16-10-14(13-8-6-9-20-12-13)11-17-22-18(24-26(16)17)23-19(27)21-5-2/h6-12,25H,4-5H2,1-3H3,(H2,21,23,24,27). The molecule has 3 heterocycles. The van der Waals surface area contributed by atoms with Crippen molar-refractivity contribution in [2.24, 2.45) is 0 Å². The van der Waals surface area contributed by atoms with E-state index >= 15 is 0 Å². The van der Waals surface area contributed by atoms with Crippen LogP contribution in [0.5, 0.6) is 0 Å². The van der Waals surface area contributed by atoms with Crippen molar-refractivity contribution < 1.29 is 9.63 Å². The quantitative estimate of drug-likeness (QED) is 0.544. The van der Waals surface area contributed by atoms with Crippen LogP contribution < -0.4 is 16.1 Å². The van der Waals surface area contributed by atoms with E-state index in [0.717, 1.165) is 28.9 Å². The Morgan fingerprint density at radius 2 is 2.14 bits per heavy atom. The van der Waals surface area contributed by atoms with Crippen LogP contribution in [0, 0.1) is 0 Å². The molecule has 0 saturated heterocycles. The van der Waals surface area contributed by atoms with E-state index in [9.17, 15) is 4.79 Å². The molecule has 0 aromatic carbocycles. The number of hydrogen-bond donors (Lipinski definition) is 3. The van der Waals surface area contributed by atoms with E-state index in [1.54, 1.807) is 24.0 Å². The topological polar surface area (TPSA) is 105 Å². The van der Waals surface area contributed by atoms with Gasteiger partial charge in [0, 0.05) is 24.5 Å². The molecule has 2 amide bonds. The van der Waals surface area contributed by atoms with E-state index in [1.807, 2.05) is 44.2 Å². The van der Waals surface area contributed by atoms with Crippen molar-refractivity contribution in [1.29, 1.82) is 0 Å². The Morgan fingerprint density at radius 1 is 1.29 bits per heavy atom. The third-order valence-corrected chi connectivity index (χ3v) is 3.89. The Kier molecular flexibility index (Phi) is 6.18. The Bertz CT molecular complexity index is 983. The number of carbonyl (C=O) groups excluding carboxylic acids is 1. The zero-order valence-electron chi connectivity index (χ0n) is 16.1. The van der Waals surface area contributed by atoms with Crippen LogP contribution in [0.1, 0.15) is 26.0 Å². The first kappa shape index (κ1) is 19.3. The van der Waals surface area contributed by atoms with Crippen LogP contribution in [-0.4, -0.2) is 39.3 Å². The van der Waals surface area contributed by atoms with Gasteiger partial charge in [0.25, 0.3) is 5.95 Å². The van der Waals surface area contributed by atoms with Crippen LogP contribution in [-0.2, 0) is 4.84 Å². The summed E-state index contributed by atoms with van der Waals surface area (Å²) in [7, 11) is 1.55. The summed E-state index contributed by atoms with van der Waals surface area (Å²) in [6, 6.07) is 7.36. The molecule has 3 rings (SSSR count). The summed E-state index contributed by atoms with van der Waals surface area (Å²) in [5.74, 6) is 0.212. The number of anilines is 1. The molecule has 3 aromatic heterocycles. The van der Waals surface area contributed by atoms with E-state index in [1.165, 1.54) is 0 Å². The Labute approximate surface area is 162 Å². The summed E-state index contributed by atoms with van der Waals surface area (Å²) in [5, 5.41) is 9.74. The van der Waals surface area contributed by atoms with E-state index < -0.39 is 0 Å². The Morgan fingerprint density at radius 3 is 2.82 bits per heavy atom. The average Bonchev–Trinajstić information content (AvgIpc) is 3.10. The smallest absolute Gasteiger partial charge is 0.321 e. The molecule has 0 aliphatic rings. The lowest BCUT2D eigenvalue weighted by Crippen LogP contribution is -2.28. The van der Waals surface area contributed by atoms with Gasteiger partial charge in [0.15, 0.2) is 5.65 Å². The second kappa shape index (κ2) is 8.96. The number of nitrogens with zero attached hydrogens (tertiary/aromatic N) is 4. The lowest BCUT2D eigenvalue weighted by molar-refractivity contribution is 0.136. The van der Waals surface area contributed by atoms with Gasteiger partial charge in [-0.15, -0.1) is 5.10 Å². The molecule has 28 heavy (non-hydrogen) atoms. The monoisotopic (exact) mass is 381 g/mol. The number of hydroxylamine groups is 1. The fraction of sp³-hybridized carbons (Fsp3) is 0.263. The summed E-state index contributed by atoms with van der Waals surface area (Å²) in [6.45, 7) is 4.38. The number of hydrogen-bond acceptors (Lipinski definition) is 6. The van der Waals surface area contributed by atoms with Gasteiger partial charge in [0.1, 0.15) is 0 Å². The molecule has 0 aliphatic carbocycles. The number of aromatic nitrogens is 4. The summed E-state index contributed by atoms with van der Waals surface area (Å²) in [4.78, 5) is 25.6. The summed E-state index contributed by atoms with van der Waals surface area (Å²) in [6.07, 6.45) is 6.29. The Balaban J connectivity index is 2.14. The molecule has 0 aliphatic heterocycles. The van der Waals surface area contributed by atoms with Crippen molar-refractivity contribution in [3.05, 3.63) is 48.4 Å². The third kappa shape index (κ3) is 4.26. The normalized spacial score (nSPS) is 11.5. The van der Waals surface area contributed by atoms with Gasteiger partial charge in [-0.3, -0.25) is 20.6 Å². The van der Waals surface area contributed by atoms with E-state index in [4.69, 9.17) is 4.84 Å². The van der Waals surface area contributed by atoms with Gasteiger partial charge < -0.3 is 5.32 Å². The number of pyridine rings is 2. The van der Waals surface area contributed by atoms with Crippen LogP contribution >= 0.6 is 0 Å². The lowest BCUT2D eigenvalue weighted by atomic mass is 10.1. The first-order valence-corrected chi connectivity index (χ1v) is 9.01. The minimum Gasteiger partial charge on any atom is -0.338 e. The van der Waals surface area contributed by atoms with E-state index in [0.29, 0.717) is 12.2 Å². The van der Waals surface area contributed by atoms with Gasteiger partial charge >= 0.3 is 6.03 Å². The second-order valence-corrected chi connectivity index (χ2v) is 5.89. The predicted octanol–water partition coefficient (Wildman–Crippen LogP) is 2.83. The van der Waals surface area contributed by atoms with Crippen molar-refractivity contribution in [2.45, 2.75) is 20.3 Å². The van der Waals surface area contributed by atoms with Crippen LogP contribution in [0.15, 0.2) is 42.7 Å². The molecule has 0 fully saturated rings. The zero-order valence-corrected chi connectivity index (χ0v) is 16.1. The molecule has 0 saturated carbocycles. The van der Waals surface area contributed by atoms with Gasteiger partial charge in [-0.1, -0.05) is 19.1 Å². The van der Waals surface area contributed by atoms with Crippen molar-refractivity contribution in [3.63, 3.8) is 0 Å². The van der Waals surface area contributed by atoms with Crippen LogP contribution in [0.25, 0.3) is 22.5 Å². The average molecular weight is 381 g/mol. The van der Waals surface area contributed by atoms with Gasteiger partial charge in [-0.05, 0) is 37.1 Å². The van der Waals surface area contributed by atoms with Gasteiger partial charge in [-0.2, -0.15) is 4.98 Å². The summed E-state index contributed by atoms with van der Waals surface area (Å²) >= 11 is 0. The molecular formula is C19H23N7O2. The second-order valence-electron chi connectivity index (χ2n) is 5.89. The summed E-state index contributed by atoms with van der Waals surface area (Å²) < 4.78 is 1.66. The van der Waals surface area contributed by atoms with Crippen LogP contribution in [0.2, 0.25) is 0 Å². The number of nitrogens with one attached hydrogen (secondary N) is 3. The maximum absolute atomic E-state index is 11.8. The van der Waals surface area contributed by atoms with Crippen LogP contribution in [0.3, 0.4) is 0 Å². The molecule has 0 radical (unpaired) electrons. The molecule has 146 valence electrons. The van der Waals surface area contributed by atoms with Crippen molar-refractivity contribution in [3.8, 4) is 11.1 Å². The molecule has 9 heteroatoms. The lowest BCUT2D eigenvalue weighted by Gasteiger charge is -2.12. The number of carbonyl (C=O) groups is 1. The maximum atomic E-state index is 11.8. The van der Waals surface area contributed by atoms with Gasteiger partial charge in [-0.25, -0.2) is 9.31 Å². The number of fused-ring (bicyclic) bond motifs is 1. The molecule has 3 aromatic rings. The fourth-order valence-corrected chi connectivity index (χ4v) is 2.75. The highest BCUT2D eigenvalue weighted by molar-refractivity contribution is 5.87. The fourth-order valence-electron chi connectivity index (χ4n) is 2.75. The largest absolute Gasteiger partial charge is 0.338 e. The van der Waals surface area contributed by atoms with E-state index in [2.05, 4.69) is 31.2 Å². The van der Waals surface area contributed by atoms with Crippen molar-refractivity contribution >= 4 is 23.3 Å². The molecular weight excluding hydrogens is 358 g/mol. The zero-order chi connectivity index (χ0) is 19.9. The number of rotatable bonds is 7. The molecule has 0 bridgehead atoms. The number of amides is 2. The third-order valence-electron chi connectivity index (χ3n) is 3.89. The Hall–Kier alpha value is -3.46. The molecule has 0 atom stereocenters. The van der Waals surface area contributed by atoms with E-state index in [-0.39, 0.29) is 12.0 Å². The highest BCUT2D eigenvalue weighted by Gasteiger charge is 2.15. The van der Waals surface area contributed by atoms with Gasteiger partial charge in [0.2, 0.25) is 0 Å². The van der Waals surface area contributed by atoms with Crippen molar-refractivity contribution in [1.82, 2.24) is 30.4 Å². The number of allylic oxidation sites excluding steroid dienone is 1. The molecule has 0 unspecified atom stereocenters. The van der Waals surface area contributed by atoms with Crippen LogP contribution in [0.4, 0.5) is 10.7 Å². The molecule has 0 spiro atoms. The molecule has 3 N–H and O–H groups in total.